The molecule has 1 fully saturated rings. The summed E-state index contributed by atoms with van der Waals surface area (Å²) in [4.78, 5) is 28.9. The van der Waals surface area contributed by atoms with Gasteiger partial charge in [0.1, 0.15) is 5.69 Å². The van der Waals surface area contributed by atoms with Gasteiger partial charge in [-0.2, -0.15) is 13.2 Å². The van der Waals surface area contributed by atoms with Crippen molar-refractivity contribution in [1.82, 2.24) is 29.3 Å². The molecule has 2 aromatic carbocycles. The predicted octanol–water partition coefficient (Wildman–Crippen LogP) is 5.24. The lowest BCUT2D eigenvalue weighted by Crippen LogP contribution is -2.44. The van der Waals surface area contributed by atoms with Gasteiger partial charge in [-0.15, -0.1) is 0 Å². The summed E-state index contributed by atoms with van der Waals surface area (Å²) in [7, 11) is 3.86. The smallest absolute Gasteiger partial charge is 0.340 e. The van der Waals surface area contributed by atoms with Gasteiger partial charge in [-0.25, -0.2) is 14.8 Å². The lowest BCUT2D eigenvalue weighted by Gasteiger charge is -2.33. The number of nitrogens with zero attached hydrogens (tertiary/aromatic N) is 5. The van der Waals surface area contributed by atoms with Crippen molar-refractivity contribution in [3.8, 4) is 23.5 Å². The number of carbonyl (C=O) groups is 1. The summed E-state index contributed by atoms with van der Waals surface area (Å²) in [6.45, 7) is 7.03. The minimum absolute atomic E-state index is 0.0526. The number of urea groups is 1. The average Bonchev–Trinajstić information content (AvgIpc) is 3.55. The lowest BCUT2D eigenvalue weighted by atomic mass is 10.0. The second kappa shape index (κ2) is 12.3. The number of amides is 2. The predicted molar refractivity (Wildman–Crippen MR) is 160 cm³/mol. The number of anilines is 2. The van der Waals surface area contributed by atoms with Crippen LogP contribution < -0.4 is 10.6 Å². The number of aromatic nitrogens is 4. The van der Waals surface area contributed by atoms with Crippen molar-refractivity contribution in [2.24, 2.45) is 7.05 Å². The molecule has 1 saturated heterocycles. The third-order valence-corrected chi connectivity index (χ3v) is 7.27. The van der Waals surface area contributed by atoms with Crippen LogP contribution in [0, 0.1) is 25.7 Å². The van der Waals surface area contributed by atoms with Gasteiger partial charge in [0, 0.05) is 74.8 Å². The minimum Gasteiger partial charge on any atom is -0.340 e. The number of hydrogen-bond acceptors (Lipinski definition) is 5. The van der Waals surface area contributed by atoms with Crippen molar-refractivity contribution in [2.75, 3.05) is 43.9 Å². The highest BCUT2D eigenvalue weighted by molar-refractivity contribution is 6.00. The molecule has 0 atom stereocenters. The van der Waals surface area contributed by atoms with Gasteiger partial charge in [0.25, 0.3) is 0 Å². The molecule has 0 bridgehead atoms. The Morgan fingerprint density at radius 1 is 1.00 bits per heavy atom. The number of likely N-dealkylation sites (N-methyl/N-ethyl adjacent to an activating group) is 1. The van der Waals surface area contributed by atoms with Crippen LogP contribution >= 0.6 is 0 Å². The Labute approximate surface area is 248 Å². The SMILES string of the molecule is Cc1cnc(-c2nc(C#Cc3cc(NC(=O)Nc4ccc(CN5CCN(C)CC5)c(C(F)(F)F)c4)ccc3C)cn2C)[nH]1. The molecule has 2 amide bonds. The summed E-state index contributed by atoms with van der Waals surface area (Å²) in [5.74, 6) is 7.45. The molecule has 0 spiro atoms. The highest BCUT2D eigenvalue weighted by Gasteiger charge is 2.34. The van der Waals surface area contributed by atoms with Crippen molar-refractivity contribution < 1.29 is 18.0 Å². The number of aromatic amines is 1. The van der Waals surface area contributed by atoms with Gasteiger partial charge in [-0.3, -0.25) is 4.90 Å². The molecule has 1 aliphatic heterocycles. The van der Waals surface area contributed by atoms with Gasteiger partial charge in [-0.1, -0.05) is 18.1 Å². The van der Waals surface area contributed by atoms with E-state index in [2.05, 4.69) is 42.3 Å². The van der Waals surface area contributed by atoms with Crippen LogP contribution in [0.1, 0.15) is 33.6 Å². The molecule has 5 rings (SSSR count). The van der Waals surface area contributed by atoms with Crippen molar-refractivity contribution in [3.63, 3.8) is 0 Å². The first kappa shape index (κ1) is 29.9. The highest BCUT2D eigenvalue weighted by Crippen LogP contribution is 2.34. The van der Waals surface area contributed by atoms with Crippen LogP contribution in [0.2, 0.25) is 0 Å². The molecule has 224 valence electrons. The number of aryl methyl sites for hydroxylation is 3. The van der Waals surface area contributed by atoms with Gasteiger partial charge < -0.3 is 25.1 Å². The Bertz CT molecular complexity index is 1690. The monoisotopic (exact) mass is 590 g/mol. The first-order valence-electron chi connectivity index (χ1n) is 13.8. The molecule has 3 N–H and O–H groups in total. The maximum Gasteiger partial charge on any atom is 0.416 e. The van der Waals surface area contributed by atoms with Crippen LogP contribution in [0.5, 0.6) is 0 Å². The number of alkyl halides is 3. The van der Waals surface area contributed by atoms with Crippen LogP contribution in [0.4, 0.5) is 29.3 Å². The van der Waals surface area contributed by atoms with E-state index in [1.165, 1.54) is 12.1 Å². The fraction of sp³-hybridized carbons (Fsp3) is 0.323. The number of benzene rings is 2. The summed E-state index contributed by atoms with van der Waals surface area (Å²) in [5, 5.41) is 5.22. The Morgan fingerprint density at radius 3 is 2.37 bits per heavy atom. The van der Waals surface area contributed by atoms with Crippen molar-refractivity contribution in [3.05, 3.63) is 82.4 Å². The average molecular weight is 591 g/mol. The minimum atomic E-state index is -4.55. The molecule has 2 aromatic heterocycles. The van der Waals surface area contributed by atoms with Gasteiger partial charge >= 0.3 is 12.2 Å². The maximum atomic E-state index is 13.9. The molecule has 3 heterocycles. The van der Waals surface area contributed by atoms with Crippen LogP contribution in [-0.4, -0.2) is 68.6 Å². The Morgan fingerprint density at radius 2 is 1.70 bits per heavy atom. The van der Waals surface area contributed by atoms with Crippen molar-refractivity contribution in [1.29, 1.82) is 0 Å². The van der Waals surface area contributed by atoms with Gasteiger partial charge in [0.05, 0.1) is 5.56 Å². The van der Waals surface area contributed by atoms with E-state index < -0.39 is 17.8 Å². The standard InChI is InChI=1S/C31H33F3N8O/c1-20-5-8-24(15-22(20)6-10-26-19-41(4)29(37-26)28-35-17-21(2)36-28)38-30(43)39-25-9-7-23(27(16-25)31(32,33)34)18-42-13-11-40(3)12-14-42/h5,7-9,15-17,19H,11-14,18H2,1-4H3,(H,35,36)(H2,38,39,43). The summed E-state index contributed by atoms with van der Waals surface area (Å²) < 4.78 is 43.7. The summed E-state index contributed by atoms with van der Waals surface area (Å²) >= 11 is 0. The fourth-order valence-corrected chi connectivity index (χ4v) is 4.84. The quantitative estimate of drug-likeness (QED) is 0.277. The maximum absolute atomic E-state index is 13.9. The van der Waals surface area contributed by atoms with E-state index in [1.807, 2.05) is 43.5 Å². The number of piperazine rings is 1. The number of hydrogen-bond donors (Lipinski definition) is 3. The molecule has 12 heteroatoms. The second-order valence-corrected chi connectivity index (χ2v) is 10.8. The molecular weight excluding hydrogens is 557 g/mol. The zero-order valence-electron chi connectivity index (χ0n) is 24.4. The normalized spacial score (nSPS) is 14.3. The molecule has 9 nitrogen and oxygen atoms in total. The molecule has 4 aromatic rings. The van der Waals surface area contributed by atoms with E-state index in [-0.39, 0.29) is 17.8 Å². The van der Waals surface area contributed by atoms with Crippen LogP contribution in [0.15, 0.2) is 48.8 Å². The van der Waals surface area contributed by atoms with Gasteiger partial charge in [0.15, 0.2) is 11.6 Å². The number of rotatable bonds is 5. The van der Waals surface area contributed by atoms with E-state index >= 15 is 0 Å². The zero-order chi connectivity index (χ0) is 30.7. The zero-order valence-corrected chi connectivity index (χ0v) is 24.4. The Balaban J connectivity index is 1.27. The summed E-state index contributed by atoms with van der Waals surface area (Å²) in [6, 6.07) is 8.49. The van der Waals surface area contributed by atoms with Crippen LogP contribution in [0.3, 0.4) is 0 Å². The number of H-pyrrole nitrogens is 1. The van der Waals surface area contributed by atoms with E-state index in [9.17, 15) is 18.0 Å². The largest absolute Gasteiger partial charge is 0.416 e. The van der Waals surface area contributed by atoms with Crippen molar-refractivity contribution >= 4 is 17.4 Å². The third kappa shape index (κ3) is 7.43. The molecule has 1 aliphatic rings. The van der Waals surface area contributed by atoms with E-state index in [0.29, 0.717) is 41.7 Å². The topological polar surface area (TPSA) is 94.1 Å². The van der Waals surface area contributed by atoms with Gasteiger partial charge in [-0.05, 0) is 62.2 Å². The lowest BCUT2D eigenvalue weighted by molar-refractivity contribution is -0.138. The van der Waals surface area contributed by atoms with Gasteiger partial charge in [0.2, 0.25) is 0 Å². The third-order valence-electron chi connectivity index (χ3n) is 7.27. The fourth-order valence-electron chi connectivity index (χ4n) is 4.84. The molecule has 0 aliphatic carbocycles. The first-order valence-corrected chi connectivity index (χ1v) is 13.8. The first-order chi connectivity index (χ1) is 20.4. The summed E-state index contributed by atoms with van der Waals surface area (Å²) in [6.07, 6.45) is -1.02. The second-order valence-electron chi connectivity index (χ2n) is 10.8. The highest BCUT2D eigenvalue weighted by atomic mass is 19.4. The van der Waals surface area contributed by atoms with Crippen LogP contribution in [-0.2, 0) is 19.8 Å². The number of carbonyl (C=O) groups excluding carboxylic acids is 1. The van der Waals surface area contributed by atoms with Crippen molar-refractivity contribution in [2.45, 2.75) is 26.6 Å². The molecule has 0 saturated carbocycles. The molecule has 0 unspecified atom stereocenters. The van der Waals surface area contributed by atoms with E-state index in [4.69, 9.17) is 0 Å². The molecular formula is C31H33F3N8O. The molecule has 0 radical (unpaired) electrons. The Kier molecular flexibility index (Phi) is 8.57. The Hall–Kier alpha value is -4.60. The van der Waals surface area contributed by atoms with E-state index in [0.717, 1.165) is 30.4 Å². The number of imidazole rings is 2. The molecule has 43 heavy (non-hydrogen) atoms. The number of nitrogens with one attached hydrogen (secondary N) is 3. The van der Waals surface area contributed by atoms with E-state index in [1.54, 1.807) is 24.5 Å². The number of halogens is 3. The van der Waals surface area contributed by atoms with Crippen LogP contribution in [0.25, 0.3) is 11.6 Å². The summed E-state index contributed by atoms with van der Waals surface area (Å²) in [5.41, 5.74) is 2.97.